The van der Waals surface area contributed by atoms with Crippen molar-refractivity contribution < 1.29 is 24.3 Å². The Bertz CT molecular complexity index is 2440. The lowest BCUT2D eigenvalue weighted by Gasteiger charge is -2.19. The second-order valence-electron chi connectivity index (χ2n) is 12.6. The van der Waals surface area contributed by atoms with E-state index >= 15 is 0 Å². The maximum atomic E-state index is 13.7. The monoisotopic (exact) mass is 646 g/mol. The number of hydrogen-bond donors (Lipinski definition) is 3. The van der Waals surface area contributed by atoms with Crippen molar-refractivity contribution >= 4 is 67.2 Å². The molecule has 0 spiro atoms. The summed E-state index contributed by atoms with van der Waals surface area (Å²) in [5.74, 6) is -1.78. The predicted octanol–water partition coefficient (Wildman–Crippen LogP) is 7.81. The third-order valence-corrected chi connectivity index (χ3v) is 9.34. The van der Waals surface area contributed by atoms with Gasteiger partial charge in [-0.15, -0.1) is 0 Å². The number of aromatic carboxylic acids is 1. The lowest BCUT2D eigenvalue weighted by molar-refractivity contribution is 0.0698. The van der Waals surface area contributed by atoms with E-state index in [2.05, 4.69) is 22.8 Å². The molecule has 0 saturated carbocycles. The molecule has 3 N–H and O–H groups in total. The van der Waals surface area contributed by atoms with E-state index in [0.29, 0.717) is 53.2 Å². The quantitative estimate of drug-likeness (QED) is 0.0797. The summed E-state index contributed by atoms with van der Waals surface area (Å²) in [4.78, 5) is 52.3. The molecule has 0 aliphatic rings. The number of rotatable bonds is 10. The van der Waals surface area contributed by atoms with E-state index in [1.807, 2.05) is 68.4 Å². The van der Waals surface area contributed by atoms with Gasteiger partial charge in [0.05, 0.1) is 5.56 Å². The van der Waals surface area contributed by atoms with Gasteiger partial charge in [0, 0.05) is 40.6 Å². The Morgan fingerprint density at radius 1 is 0.571 bits per heavy atom. The van der Waals surface area contributed by atoms with Gasteiger partial charge in [-0.2, -0.15) is 0 Å². The fraction of sp³-hybridized carbons (Fsp3) is 0.143. The number of fused-ring (bicyclic) bond motifs is 2. The standard InChI is InChI=1S/C42H34N2O5/c1-24-5-3-7-26(21-24)17-19-43-40(46)33-14-11-30-32-13-16-35(42(48)49)39-34(41(47)44-20-18-27-8-4-6-25(2)22-27)15-12-31(38(32)39)29-10-9-28(23-45)36(33)37(29)30/h3-16,21-23H,17-20H2,1-2H3,(H,43,46)(H,44,47)(H,48,49). The molecular weight excluding hydrogens is 612 g/mol. The van der Waals surface area contributed by atoms with Gasteiger partial charge < -0.3 is 15.7 Å². The number of benzene rings is 7. The predicted molar refractivity (Wildman–Crippen MR) is 194 cm³/mol. The van der Waals surface area contributed by atoms with Crippen LogP contribution in [0.3, 0.4) is 0 Å². The number of carbonyl (C=O) groups excluding carboxylic acids is 3. The first kappa shape index (κ1) is 31.5. The molecule has 7 nitrogen and oxygen atoms in total. The molecule has 2 amide bonds. The maximum Gasteiger partial charge on any atom is 0.336 e. The highest BCUT2D eigenvalue weighted by atomic mass is 16.4. The summed E-state index contributed by atoms with van der Waals surface area (Å²) in [5.41, 5.74) is 5.58. The Morgan fingerprint density at radius 2 is 1.02 bits per heavy atom. The minimum absolute atomic E-state index is 0.0262. The summed E-state index contributed by atoms with van der Waals surface area (Å²) in [7, 11) is 0. The van der Waals surface area contributed by atoms with Crippen LogP contribution >= 0.6 is 0 Å². The summed E-state index contributed by atoms with van der Waals surface area (Å²) in [6.07, 6.45) is 2.06. The molecule has 7 rings (SSSR count). The van der Waals surface area contributed by atoms with Crippen molar-refractivity contribution in [3.63, 3.8) is 0 Å². The average Bonchev–Trinajstić information content (AvgIpc) is 3.09. The normalized spacial score (nSPS) is 11.4. The van der Waals surface area contributed by atoms with Crippen LogP contribution < -0.4 is 10.6 Å². The molecule has 49 heavy (non-hydrogen) atoms. The van der Waals surface area contributed by atoms with Crippen molar-refractivity contribution in [3.8, 4) is 0 Å². The first-order valence-corrected chi connectivity index (χ1v) is 16.3. The van der Waals surface area contributed by atoms with E-state index in [0.717, 1.165) is 55.5 Å². The minimum Gasteiger partial charge on any atom is -0.478 e. The summed E-state index contributed by atoms with van der Waals surface area (Å²) in [5, 5.41) is 21.6. The van der Waals surface area contributed by atoms with E-state index in [1.54, 1.807) is 24.3 Å². The fourth-order valence-corrected chi connectivity index (χ4v) is 7.14. The average molecular weight is 647 g/mol. The van der Waals surface area contributed by atoms with Crippen molar-refractivity contribution in [2.75, 3.05) is 13.1 Å². The van der Waals surface area contributed by atoms with Crippen LogP contribution in [0.4, 0.5) is 0 Å². The molecule has 242 valence electrons. The summed E-state index contributed by atoms with van der Waals surface area (Å²) in [6.45, 7) is 4.87. The molecule has 0 unspecified atom stereocenters. The van der Waals surface area contributed by atoms with Crippen LogP contribution in [0.15, 0.2) is 97.1 Å². The highest BCUT2D eigenvalue weighted by molar-refractivity contribution is 6.38. The van der Waals surface area contributed by atoms with Crippen LogP contribution in [0.25, 0.3) is 43.1 Å². The second-order valence-corrected chi connectivity index (χ2v) is 12.6. The molecule has 7 heteroatoms. The van der Waals surface area contributed by atoms with Crippen LogP contribution in [0.2, 0.25) is 0 Å². The number of aryl methyl sites for hydroxylation is 2. The Labute approximate surface area is 282 Å². The van der Waals surface area contributed by atoms with Gasteiger partial charge in [-0.3, -0.25) is 14.4 Å². The highest BCUT2D eigenvalue weighted by Gasteiger charge is 2.24. The molecule has 7 aromatic rings. The van der Waals surface area contributed by atoms with Crippen LogP contribution in [0.1, 0.15) is 63.7 Å². The lowest BCUT2D eigenvalue weighted by Crippen LogP contribution is -2.26. The van der Waals surface area contributed by atoms with Gasteiger partial charge in [0.1, 0.15) is 0 Å². The molecule has 7 aromatic carbocycles. The van der Waals surface area contributed by atoms with Crippen LogP contribution in [-0.4, -0.2) is 42.3 Å². The molecule has 0 aliphatic carbocycles. The van der Waals surface area contributed by atoms with Crippen LogP contribution in [0.5, 0.6) is 0 Å². The number of hydrogen-bond acceptors (Lipinski definition) is 4. The molecular formula is C42H34N2O5. The zero-order valence-corrected chi connectivity index (χ0v) is 27.2. The van der Waals surface area contributed by atoms with Crippen LogP contribution in [0, 0.1) is 13.8 Å². The van der Waals surface area contributed by atoms with Gasteiger partial charge in [0.2, 0.25) is 0 Å². The molecule has 0 radical (unpaired) electrons. The van der Waals surface area contributed by atoms with E-state index in [1.165, 1.54) is 6.07 Å². The summed E-state index contributed by atoms with van der Waals surface area (Å²) < 4.78 is 0. The topological polar surface area (TPSA) is 113 Å². The Kier molecular flexibility index (Phi) is 8.26. The van der Waals surface area contributed by atoms with E-state index in [-0.39, 0.29) is 22.9 Å². The van der Waals surface area contributed by atoms with E-state index in [4.69, 9.17) is 0 Å². The number of carboxylic acid groups (broad SMARTS) is 1. The van der Waals surface area contributed by atoms with Crippen molar-refractivity contribution in [1.29, 1.82) is 0 Å². The largest absolute Gasteiger partial charge is 0.478 e. The number of amides is 2. The number of carbonyl (C=O) groups is 4. The van der Waals surface area contributed by atoms with Crippen molar-refractivity contribution in [3.05, 3.63) is 142 Å². The smallest absolute Gasteiger partial charge is 0.336 e. The third-order valence-electron chi connectivity index (χ3n) is 9.34. The summed E-state index contributed by atoms with van der Waals surface area (Å²) >= 11 is 0. The SMILES string of the molecule is Cc1cccc(CCNC(=O)c2ccc3c4ccc(C(=O)O)c5c(C(=O)NCCc6cccc(C)c6)ccc(c6ccc(C=O)c2c36)c54)c1. The first-order valence-electron chi connectivity index (χ1n) is 16.3. The molecule has 0 saturated heterocycles. The Morgan fingerprint density at radius 3 is 1.49 bits per heavy atom. The first-order chi connectivity index (χ1) is 23.7. The van der Waals surface area contributed by atoms with Gasteiger partial charge in [0.25, 0.3) is 11.8 Å². The molecule has 0 fully saturated rings. The molecule has 0 bridgehead atoms. The zero-order valence-electron chi connectivity index (χ0n) is 27.2. The zero-order chi connectivity index (χ0) is 34.2. The third kappa shape index (κ3) is 5.74. The number of carboxylic acids is 1. The highest BCUT2D eigenvalue weighted by Crippen LogP contribution is 2.43. The number of aldehydes is 1. The lowest BCUT2D eigenvalue weighted by atomic mass is 9.84. The Hall–Kier alpha value is -6.08. The van der Waals surface area contributed by atoms with E-state index < -0.39 is 5.97 Å². The fourth-order valence-electron chi connectivity index (χ4n) is 7.14. The maximum absolute atomic E-state index is 13.7. The minimum atomic E-state index is -1.14. The van der Waals surface area contributed by atoms with Gasteiger partial charge >= 0.3 is 5.97 Å². The number of nitrogens with one attached hydrogen (secondary N) is 2. The van der Waals surface area contributed by atoms with Crippen molar-refractivity contribution in [2.24, 2.45) is 0 Å². The second kappa shape index (κ2) is 12.8. The van der Waals surface area contributed by atoms with Crippen molar-refractivity contribution in [2.45, 2.75) is 26.7 Å². The van der Waals surface area contributed by atoms with E-state index in [9.17, 15) is 24.3 Å². The van der Waals surface area contributed by atoms with Gasteiger partial charge in [-0.05, 0) is 88.3 Å². The molecule has 0 heterocycles. The van der Waals surface area contributed by atoms with Crippen molar-refractivity contribution in [1.82, 2.24) is 10.6 Å². The molecule has 0 aliphatic heterocycles. The molecule has 0 atom stereocenters. The van der Waals surface area contributed by atoms with Gasteiger partial charge in [-0.1, -0.05) is 90.0 Å². The molecule has 0 aromatic heterocycles. The van der Waals surface area contributed by atoms with Crippen LogP contribution in [-0.2, 0) is 12.8 Å². The van der Waals surface area contributed by atoms with Gasteiger partial charge in [0.15, 0.2) is 6.29 Å². The van der Waals surface area contributed by atoms with Gasteiger partial charge in [-0.25, -0.2) is 4.79 Å². The Balaban J connectivity index is 1.33. The summed E-state index contributed by atoms with van der Waals surface area (Å²) in [6, 6.07) is 30.1.